The fourth-order valence-corrected chi connectivity index (χ4v) is 3.10. The van der Waals surface area contributed by atoms with Crippen LogP contribution in [-0.2, 0) is 4.74 Å². The predicted molar refractivity (Wildman–Crippen MR) is 98.2 cm³/mol. The summed E-state index contributed by atoms with van der Waals surface area (Å²) in [6.45, 7) is 1.62. The van der Waals surface area contributed by atoms with Crippen molar-refractivity contribution in [2.45, 2.75) is 6.42 Å². The molecule has 0 spiro atoms. The first-order chi connectivity index (χ1) is 14.0. The fraction of sp³-hybridized carbons (Fsp3) is 0.250. The number of fused-ring (bicyclic) bond motifs is 1. The number of rotatable bonds is 5. The zero-order valence-corrected chi connectivity index (χ0v) is 15.1. The minimum absolute atomic E-state index is 0.0619. The molecule has 1 aliphatic heterocycles. The molecule has 0 aliphatic carbocycles. The minimum Gasteiger partial charge on any atom is -0.477 e. The third-order valence-corrected chi connectivity index (χ3v) is 4.55. The number of amides is 1. The van der Waals surface area contributed by atoms with Crippen LogP contribution in [0, 0.1) is 23.5 Å². The lowest BCUT2D eigenvalue weighted by Crippen LogP contribution is -2.16. The average Bonchev–Trinajstić information content (AvgIpc) is 3.21. The molecule has 3 aromatic rings. The van der Waals surface area contributed by atoms with Crippen LogP contribution in [-0.4, -0.2) is 35.7 Å². The number of anilines is 1. The molecule has 1 unspecified atom stereocenters. The Bertz CT molecular complexity index is 1070. The standard InChI is InChI=1S/C20H16F3N3O3/c21-14-1-2-16(23)26-18(14)19(27)25-13-7-12-3-5-24-20(17(12)15(22)8-13)29-10-11-4-6-28-9-11/h1-3,5,7-8,11H,4,6,9-10H2,(H,25,27). The van der Waals surface area contributed by atoms with E-state index in [1.54, 1.807) is 6.07 Å². The van der Waals surface area contributed by atoms with Gasteiger partial charge in [0, 0.05) is 24.4 Å². The largest absolute Gasteiger partial charge is 0.477 e. The van der Waals surface area contributed by atoms with E-state index in [2.05, 4.69) is 15.3 Å². The summed E-state index contributed by atoms with van der Waals surface area (Å²) in [6, 6.07) is 5.70. The summed E-state index contributed by atoms with van der Waals surface area (Å²) in [5.41, 5.74) is -0.658. The third kappa shape index (κ3) is 4.14. The maximum absolute atomic E-state index is 14.8. The number of carbonyl (C=O) groups is 1. The Morgan fingerprint density at radius 1 is 1.21 bits per heavy atom. The number of aromatic nitrogens is 2. The quantitative estimate of drug-likeness (QED) is 0.658. The zero-order chi connectivity index (χ0) is 20.4. The molecule has 150 valence electrons. The van der Waals surface area contributed by atoms with Gasteiger partial charge in [0.15, 0.2) is 11.5 Å². The van der Waals surface area contributed by atoms with Crippen molar-refractivity contribution in [3.63, 3.8) is 0 Å². The van der Waals surface area contributed by atoms with Crippen LogP contribution < -0.4 is 10.1 Å². The molecule has 1 aliphatic rings. The molecule has 1 aromatic carbocycles. The molecule has 1 saturated heterocycles. The molecule has 0 radical (unpaired) electrons. The van der Waals surface area contributed by atoms with Gasteiger partial charge in [-0.1, -0.05) is 0 Å². The van der Waals surface area contributed by atoms with Gasteiger partial charge in [-0.15, -0.1) is 0 Å². The molecule has 1 atom stereocenters. The highest BCUT2D eigenvalue weighted by molar-refractivity contribution is 6.04. The van der Waals surface area contributed by atoms with Crippen molar-refractivity contribution in [2.24, 2.45) is 5.92 Å². The summed E-state index contributed by atoms with van der Waals surface area (Å²) in [4.78, 5) is 19.5. The van der Waals surface area contributed by atoms with Gasteiger partial charge in [-0.3, -0.25) is 4.79 Å². The third-order valence-electron chi connectivity index (χ3n) is 4.55. The van der Waals surface area contributed by atoms with E-state index in [9.17, 15) is 18.0 Å². The normalized spacial score (nSPS) is 16.2. The van der Waals surface area contributed by atoms with Crippen molar-refractivity contribution in [1.29, 1.82) is 0 Å². The lowest BCUT2D eigenvalue weighted by molar-refractivity contribution is 0.101. The van der Waals surface area contributed by atoms with Crippen molar-refractivity contribution in [3.8, 4) is 5.88 Å². The molecule has 1 fully saturated rings. The first-order valence-corrected chi connectivity index (χ1v) is 8.93. The SMILES string of the molecule is O=C(Nc1cc(F)c2c(OCC3CCOC3)nccc2c1)c1nc(F)ccc1F. The second kappa shape index (κ2) is 8.04. The van der Waals surface area contributed by atoms with E-state index in [1.165, 1.54) is 12.3 Å². The summed E-state index contributed by atoms with van der Waals surface area (Å²) >= 11 is 0. The molecule has 1 N–H and O–H groups in total. The number of nitrogens with one attached hydrogen (secondary N) is 1. The van der Waals surface area contributed by atoms with Crippen LogP contribution in [0.5, 0.6) is 5.88 Å². The summed E-state index contributed by atoms with van der Waals surface area (Å²) in [5, 5.41) is 2.93. The van der Waals surface area contributed by atoms with Crippen molar-refractivity contribution in [2.75, 3.05) is 25.1 Å². The molecule has 1 amide bonds. The van der Waals surface area contributed by atoms with Crippen LogP contribution in [0.4, 0.5) is 18.9 Å². The van der Waals surface area contributed by atoms with Gasteiger partial charge in [0.1, 0.15) is 5.82 Å². The van der Waals surface area contributed by atoms with Gasteiger partial charge in [-0.25, -0.2) is 18.7 Å². The first kappa shape index (κ1) is 19.1. The molecular formula is C20H16F3N3O3. The number of benzene rings is 1. The molecule has 0 saturated carbocycles. The Kier molecular flexibility index (Phi) is 5.30. The van der Waals surface area contributed by atoms with Gasteiger partial charge in [0.2, 0.25) is 11.8 Å². The highest BCUT2D eigenvalue weighted by Gasteiger charge is 2.19. The molecule has 6 nitrogen and oxygen atoms in total. The highest BCUT2D eigenvalue weighted by Crippen LogP contribution is 2.30. The maximum atomic E-state index is 14.8. The van der Waals surface area contributed by atoms with Gasteiger partial charge < -0.3 is 14.8 Å². The van der Waals surface area contributed by atoms with Crippen LogP contribution in [0.2, 0.25) is 0 Å². The number of halogens is 3. The van der Waals surface area contributed by atoms with Crippen molar-refractivity contribution < 1.29 is 27.4 Å². The minimum atomic E-state index is -0.998. The van der Waals surface area contributed by atoms with E-state index in [0.717, 1.165) is 24.6 Å². The zero-order valence-electron chi connectivity index (χ0n) is 15.1. The Morgan fingerprint density at radius 2 is 2.07 bits per heavy atom. The summed E-state index contributed by atoms with van der Waals surface area (Å²) in [6.07, 6.45) is 2.33. The molecule has 29 heavy (non-hydrogen) atoms. The van der Waals surface area contributed by atoms with Crippen molar-refractivity contribution >= 4 is 22.4 Å². The summed E-state index contributed by atoms with van der Waals surface area (Å²) in [7, 11) is 0. The lowest BCUT2D eigenvalue weighted by atomic mass is 10.1. The average molecular weight is 403 g/mol. The van der Waals surface area contributed by atoms with E-state index in [1.807, 2.05) is 0 Å². The van der Waals surface area contributed by atoms with Crippen LogP contribution in [0.3, 0.4) is 0 Å². The molecule has 0 bridgehead atoms. The summed E-state index contributed by atoms with van der Waals surface area (Å²) < 4.78 is 52.7. The topological polar surface area (TPSA) is 73.3 Å². The number of nitrogens with zero attached hydrogens (tertiary/aromatic N) is 2. The van der Waals surface area contributed by atoms with Crippen LogP contribution >= 0.6 is 0 Å². The predicted octanol–water partition coefficient (Wildman–Crippen LogP) is 3.71. The number of hydrogen-bond acceptors (Lipinski definition) is 5. The number of pyridine rings is 2. The van der Waals surface area contributed by atoms with Gasteiger partial charge >= 0.3 is 0 Å². The number of carbonyl (C=O) groups excluding carboxylic acids is 1. The second-order valence-electron chi connectivity index (χ2n) is 6.63. The Labute approximate surface area is 163 Å². The van der Waals surface area contributed by atoms with Gasteiger partial charge in [-0.2, -0.15) is 4.39 Å². The van der Waals surface area contributed by atoms with Crippen molar-refractivity contribution in [1.82, 2.24) is 9.97 Å². The van der Waals surface area contributed by atoms with Crippen LogP contribution in [0.25, 0.3) is 10.8 Å². The van der Waals surface area contributed by atoms with Crippen LogP contribution in [0.1, 0.15) is 16.9 Å². The molecule has 4 rings (SSSR count). The van der Waals surface area contributed by atoms with Crippen molar-refractivity contribution in [3.05, 3.63) is 59.8 Å². The van der Waals surface area contributed by atoms with E-state index in [0.29, 0.717) is 25.2 Å². The molecule has 9 heteroatoms. The number of hydrogen-bond donors (Lipinski definition) is 1. The molecular weight excluding hydrogens is 387 g/mol. The van der Waals surface area contributed by atoms with E-state index < -0.39 is 29.2 Å². The monoisotopic (exact) mass is 403 g/mol. The maximum Gasteiger partial charge on any atom is 0.277 e. The van der Waals surface area contributed by atoms with E-state index in [-0.39, 0.29) is 22.9 Å². The van der Waals surface area contributed by atoms with Crippen LogP contribution in [0.15, 0.2) is 36.5 Å². The lowest BCUT2D eigenvalue weighted by Gasteiger charge is -2.13. The van der Waals surface area contributed by atoms with E-state index in [4.69, 9.17) is 9.47 Å². The second-order valence-corrected chi connectivity index (χ2v) is 6.63. The Morgan fingerprint density at radius 3 is 2.86 bits per heavy atom. The molecule has 2 aromatic heterocycles. The van der Waals surface area contributed by atoms with Gasteiger partial charge in [0.25, 0.3) is 5.91 Å². The first-order valence-electron chi connectivity index (χ1n) is 8.93. The Balaban J connectivity index is 1.58. The smallest absolute Gasteiger partial charge is 0.277 e. The highest BCUT2D eigenvalue weighted by atomic mass is 19.1. The Hall–Kier alpha value is -3.20. The van der Waals surface area contributed by atoms with Gasteiger partial charge in [-0.05, 0) is 42.1 Å². The van der Waals surface area contributed by atoms with Gasteiger partial charge in [0.05, 0.1) is 18.6 Å². The fourth-order valence-electron chi connectivity index (χ4n) is 3.10. The molecule has 3 heterocycles. The van der Waals surface area contributed by atoms with E-state index >= 15 is 0 Å². The number of ether oxygens (including phenoxy) is 2. The summed E-state index contributed by atoms with van der Waals surface area (Å²) in [5.74, 6) is -3.28.